The highest BCUT2D eigenvalue weighted by Gasteiger charge is 2.30. The predicted molar refractivity (Wildman–Crippen MR) is 87.3 cm³/mol. The lowest BCUT2D eigenvalue weighted by Crippen LogP contribution is -2.11. The van der Waals surface area contributed by atoms with E-state index in [4.69, 9.17) is 8.94 Å². The zero-order valence-corrected chi connectivity index (χ0v) is 15.0. The van der Waals surface area contributed by atoms with Crippen LogP contribution in [0.2, 0.25) is 0 Å². The van der Waals surface area contributed by atoms with Crippen LogP contribution >= 0.6 is 11.8 Å². The Balaban J connectivity index is 1.66. The van der Waals surface area contributed by atoms with Gasteiger partial charge in [0.1, 0.15) is 0 Å². The van der Waals surface area contributed by atoms with E-state index in [9.17, 15) is 13.2 Å². The van der Waals surface area contributed by atoms with Gasteiger partial charge in [-0.3, -0.25) is 0 Å². The van der Waals surface area contributed by atoms with Crippen LogP contribution in [-0.4, -0.2) is 20.3 Å². The third-order valence-corrected chi connectivity index (χ3v) is 4.11. The molecule has 0 bridgehead atoms. The van der Waals surface area contributed by atoms with Gasteiger partial charge < -0.3 is 8.94 Å². The summed E-state index contributed by atoms with van der Waals surface area (Å²) in [5.74, 6) is 1.35. The molecule has 1 aromatic carbocycles. The molecule has 0 aliphatic heterocycles. The lowest BCUT2D eigenvalue weighted by molar-refractivity contribution is -0.137. The molecular formula is C16H15F3N4O2S. The van der Waals surface area contributed by atoms with E-state index in [1.165, 1.54) is 23.9 Å². The molecule has 0 amide bonds. The summed E-state index contributed by atoms with van der Waals surface area (Å²) in [5, 5.41) is 12.1. The molecule has 2 aromatic heterocycles. The zero-order valence-electron chi connectivity index (χ0n) is 14.2. The molecule has 2 heterocycles. The summed E-state index contributed by atoms with van der Waals surface area (Å²) >= 11 is 1.24. The molecule has 0 spiro atoms. The van der Waals surface area contributed by atoms with Crippen molar-refractivity contribution < 1.29 is 22.1 Å². The molecule has 3 rings (SSSR count). The first-order chi connectivity index (χ1) is 12.1. The maximum atomic E-state index is 12.6. The van der Waals surface area contributed by atoms with Gasteiger partial charge in [-0.1, -0.05) is 49.8 Å². The van der Waals surface area contributed by atoms with E-state index in [0.29, 0.717) is 28.3 Å². The molecule has 0 saturated heterocycles. The van der Waals surface area contributed by atoms with Crippen molar-refractivity contribution in [2.24, 2.45) is 0 Å². The Bertz CT molecular complexity index is 882. The second-order valence-electron chi connectivity index (χ2n) is 6.50. The van der Waals surface area contributed by atoms with E-state index in [1.54, 1.807) is 0 Å². The van der Waals surface area contributed by atoms with E-state index in [0.717, 1.165) is 12.1 Å². The average molecular weight is 384 g/mol. The Morgan fingerprint density at radius 3 is 2.31 bits per heavy atom. The Morgan fingerprint density at radius 2 is 1.73 bits per heavy atom. The van der Waals surface area contributed by atoms with E-state index >= 15 is 0 Å². The fourth-order valence-electron chi connectivity index (χ4n) is 1.93. The number of rotatable bonds is 4. The van der Waals surface area contributed by atoms with Crippen LogP contribution in [0.15, 0.2) is 38.4 Å². The molecule has 0 saturated carbocycles. The molecule has 0 aliphatic rings. The normalized spacial score (nSPS) is 12.5. The standard InChI is InChI=1S/C16H15F3N4O2S/c1-15(2,3)13-21-22-14(24-13)26-8-11-20-12(23-25-11)9-4-6-10(7-5-9)16(17,18)19/h4-7H,8H2,1-3H3. The first-order valence-electron chi connectivity index (χ1n) is 7.60. The second-order valence-corrected chi connectivity index (χ2v) is 7.43. The molecule has 138 valence electrons. The fraction of sp³-hybridized carbons (Fsp3) is 0.375. The summed E-state index contributed by atoms with van der Waals surface area (Å²) in [6.45, 7) is 5.88. The van der Waals surface area contributed by atoms with Crippen LogP contribution in [0.3, 0.4) is 0 Å². The van der Waals surface area contributed by atoms with Crippen molar-refractivity contribution in [3.05, 3.63) is 41.6 Å². The number of nitrogens with zero attached hydrogens (tertiary/aromatic N) is 4. The molecule has 26 heavy (non-hydrogen) atoms. The second kappa shape index (κ2) is 6.75. The van der Waals surface area contributed by atoms with Gasteiger partial charge in [0.25, 0.3) is 5.22 Å². The summed E-state index contributed by atoms with van der Waals surface area (Å²) in [7, 11) is 0. The van der Waals surface area contributed by atoms with Crippen LogP contribution in [0.4, 0.5) is 13.2 Å². The highest BCUT2D eigenvalue weighted by Crippen LogP contribution is 2.31. The molecule has 3 aromatic rings. The molecule has 0 atom stereocenters. The minimum absolute atomic E-state index is 0.218. The highest BCUT2D eigenvalue weighted by molar-refractivity contribution is 7.98. The summed E-state index contributed by atoms with van der Waals surface area (Å²) < 4.78 is 48.4. The quantitative estimate of drug-likeness (QED) is 0.602. The van der Waals surface area contributed by atoms with Crippen LogP contribution in [0.1, 0.15) is 38.1 Å². The Hall–Kier alpha value is -2.36. The van der Waals surface area contributed by atoms with Gasteiger partial charge in [0.15, 0.2) is 0 Å². The largest absolute Gasteiger partial charge is 0.416 e. The van der Waals surface area contributed by atoms with Gasteiger partial charge in [0, 0.05) is 11.0 Å². The van der Waals surface area contributed by atoms with Gasteiger partial charge in [0.2, 0.25) is 17.6 Å². The number of alkyl halides is 3. The van der Waals surface area contributed by atoms with E-state index in [-0.39, 0.29) is 11.2 Å². The van der Waals surface area contributed by atoms with Gasteiger partial charge in [0.05, 0.1) is 11.3 Å². The average Bonchev–Trinajstić information content (AvgIpc) is 3.21. The fourth-order valence-corrected chi connectivity index (χ4v) is 2.53. The third kappa shape index (κ3) is 4.24. The SMILES string of the molecule is CC(C)(C)c1nnc(SCc2nc(-c3ccc(C(F)(F)F)cc3)no2)o1. The lowest BCUT2D eigenvalue weighted by Gasteiger charge is -2.10. The molecule has 0 N–H and O–H groups in total. The number of hydrogen-bond donors (Lipinski definition) is 0. The Kier molecular flexibility index (Phi) is 4.78. The van der Waals surface area contributed by atoms with Crippen LogP contribution in [0.25, 0.3) is 11.4 Å². The zero-order chi connectivity index (χ0) is 18.9. The number of halogens is 3. The third-order valence-electron chi connectivity index (χ3n) is 3.31. The van der Waals surface area contributed by atoms with Crippen LogP contribution in [0, 0.1) is 0 Å². The highest BCUT2D eigenvalue weighted by atomic mass is 32.2. The number of benzene rings is 1. The minimum Gasteiger partial charge on any atom is -0.415 e. The topological polar surface area (TPSA) is 77.8 Å². The smallest absolute Gasteiger partial charge is 0.415 e. The first-order valence-corrected chi connectivity index (χ1v) is 8.58. The van der Waals surface area contributed by atoms with Crippen molar-refractivity contribution >= 4 is 11.8 Å². The number of aromatic nitrogens is 4. The molecule has 0 fully saturated rings. The first kappa shape index (κ1) is 18.4. The van der Waals surface area contributed by atoms with Gasteiger partial charge in [-0.05, 0) is 12.1 Å². The molecule has 0 aliphatic carbocycles. The molecule has 10 heteroatoms. The number of hydrogen-bond acceptors (Lipinski definition) is 7. The van der Waals surface area contributed by atoms with Crippen molar-refractivity contribution in [2.45, 2.75) is 43.3 Å². The van der Waals surface area contributed by atoms with Gasteiger partial charge in [-0.2, -0.15) is 18.2 Å². The maximum absolute atomic E-state index is 12.6. The molecular weight excluding hydrogens is 369 g/mol. The van der Waals surface area contributed by atoms with Crippen LogP contribution in [0.5, 0.6) is 0 Å². The predicted octanol–water partition coefficient (Wildman–Crippen LogP) is 4.73. The van der Waals surface area contributed by atoms with Gasteiger partial charge >= 0.3 is 6.18 Å². The van der Waals surface area contributed by atoms with E-state index < -0.39 is 11.7 Å². The maximum Gasteiger partial charge on any atom is 0.416 e. The van der Waals surface area contributed by atoms with E-state index in [2.05, 4.69) is 20.3 Å². The van der Waals surface area contributed by atoms with Crippen molar-refractivity contribution in [1.29, 1.82) is 0 Å². The summed E-state index contributed by atoms with van der Waals surface area (Å²) in [4.78, 5) is 4.17. The van der Waals surface area contributed by atoms with Gasteiger partial charge in [-0.25, -0.2) is 0 Å². The summed E-state index contributed by atoms with van der Waals surface area (Å²) in [5.41, 5.74) is -0.538. The van der Waals surface area contributed by atoms with Crippen molar-refractivity contribution in [3.63, 3.8) is 0 Å². The molecule has 0 radical (unpaired) electrons. The minimum atomic E-state index is -4.38. The summed E-state index contributed by atoms with van der Waals surface area (Å²) in [6.07, 6.45) is -4.38. The van der Waals surface area contributed by atoms with Crippen molar-refractivity contribution in [3.8, 4) is 11.4 Å². The van der Waals surface area contributed by atoms with E-state index in [1.807, 2.05) is 20.8 Å². The summed E-state index contributed by atoms with van der Waals surface area (Å²) in [6, 6.07) is 4.57. The molecule has 0 unspecified atom stereocenters. The number of thioether (sulfide) groups is 1. The molecule has 6 nitrogen and oxygen atoms in total. The Morgan fingerprint density at radius 1 is 1.04 bits per heavy atom. The lowest BCUT2D eigenvalue weighted by atomic mass is 9.97. The van der Waals surface area contributed by atoms with Crippen LogP contribution < -0.4 is 0 Å². The monoisotopic (exact) mass is 384 g/mol. The van der Waals surface area contributed by atoms with Crippen molar-refractivity contribution in [1.82, 2.24) is 20.3 Å². The van der Waals surface area contributed by atoms with Crippen LogP contribution in [-0.2, 0) is 17.3 Å². The Labute approximate surface area is 151 Å². The van der Waals surface area contributed by atoms with Gasteiger partial charge in [-0.15, -0.1) is 10.2 Å². The van der Waals surface area contributed by atoms with Crippen molar-refractivity contribution in [2.75, 3.05) is 0 Å².